The number of hydrogen-bond donors (Lipinski definition) is 1. The number of aromatic nitrogens is 5. The molecule has 0 unspecified atom stereocenters. The molecule has 2 aromatic heterocycles. The Balaban J connectivity index is 1.49. The van der Waals surface area contributed by atoms with Crippen LogP contribution in [-0.2, 0) is 6.54 Å². The molecule has 152 valence electrons. The molecule has 0 saturated heterocycles. The Bertz CT molecular complexity index is 1180. The van der Waals surface area contributed by atoms with Crippen molar-refractivity contribution in [2.45, 2.75) is 26.3 Å². The van der Waals surface area contributed by atoms with Crippen molar-refractivity contribution < 1.29 is 4.79 Å². The van der Waals surface area contributed by atoms with Gasteiger partial charge in [-0.1, -0.05) is 54.9 Å². The minimum absolute atomic E-state index is 0.206. The van der Waals surface area contributed by atoms with Crippen molar-refractivity contribution in [3.05, 3.63) is 89.2 Å². The molecule has 0 bridgehead atoms. The number of hydrogen-bond acceptors (Lipinski definition) is 4. The molecule has 0 aliphatic carbocycles. The van der Waals surface area contributed by atoms with Crippen molar-refractivity contribution in [2.24, 2.45) is 0 Å². The van der Waals surface area contributed by atoms with Gasteiger partial charge in [-0.25, -0.2) is 9.67 Å². The fourth-order valence-corrected chi connectivity index (χ4v) is 3.44. The summed E-state index contributed by atoms with van der Waals surface area (Å²) in [5.41, 5.74) is 2.62. The molecule has 0 atom stereocenters. The summed E-state index contributed by atoms with van der Waals surface area (Å²) in [4.78, 5) is 17.1. The van der Waals surface area contributed by atoms with Crippen LogP contribution in [0.15, 0.2) is 67.1 Å². The number of halogens is 1. The van der Waals surface area contributed by atoms with E-state index in [4.69, 9.17) is 11.6 Å². The molecule has 8 heteroatoms. The first-order chi connectivity index (χ1) is 14.5. The van der Waals surface area contributed by atoms with Gasteiger partial charge in [-0.15, -0.1) is 5.10 Å². The Labute approximate surface area is 179 Å². The van der Waals surface area contributed by atoms with Crippen molar-refractivity contribution in [3.63, 3.8) is 0 Å². The van der Waals surface area contributed by atoms with Crippen molar-refractivity contribution in [1.29, 1.82) is 0 Å². The van der Waals surface area contributed by atoms with Crippen LogP contribution in [0.25, 0.3) is 5.69 Å². The SMILES string of the molecule is CC(C)c1nccn1Cc1cccc(NC(=O)c2cn(-c3ccccc3Cl)nn2)c1. The summed E-state index contributed by atoms with van der Waals surface area (Å²) in [7, 11) is 0. The van der Waals surface area contributed by atoms with Gasteiger partial charge < -0.3 is 9.88 Å². The van der Waals surface area contributed by atoms with Gasteiger partial charge >= 0.3 is 0 Å². The number of nitrogens with zero attached hydrogens (tertiary/aromatic N) is 5. The Kier molecular flexibility index (Phi) is 5.63. The van der Waals surface area contributed by atoms with Crippen molar-refractivity contribution in [3.8, 4) is 5.69 Å². The van der Waals surface area contributed by atoms with E-state index in [1.165, 1.54) is 4.68 Å². The smallest absolute Gasteiger partial charge is 0.277 e. The van der Waals surface area contributed by atoms with E-state index in [2.05, 4.69) is 39.0 Å². The van der Waals surface area contributed by atoms with Gasteiger partial charge in [0.15, 0.2) is 5.69 Å². The third-order valence-corrected chi connectivity index (χ3v) is 4.95. The molecule has 4 aromatic rings. The fraction of sp³-hybridized carbons (Fsp3) is 0.182. The van der Waals surface area contributed by atoms with Crippen LogP contribution in [0.2, 0.25) is 5.02 Å². The molecule has 7 nitrogen and oxygen atoms in total. The van der Waals surface area contributed by atoms with Crippen LogP contribution in [0, 0.1) is 0 Å². The van der Waals surface area contributed by atoms with Gasteiger partial charge in [0.05, 0.1) is 16.9 Å². The third kappa shape index (κ3) is 4.26. The van der Waals surface area contributed by atoms with Gasteiger partial charge in [0.2, 0.25) is 0 Å². The topological polar surface area (TPSA) is 77.6 Å². The number of para-hydroxylation sites is 1. The van der Waals surface area contributed by atoms with Gasteiger partial charge in [0.1, 0.15) is 5.82 Å². The second kappa shape index (κ2) is 8.51. The zero-order valence-electron chi connectivity index (χ0n) is 16.7. The van der Waals surface area contributed by atoms with Crippen LogP contribution in [0.5, 0.6) is 0 Å². The maximum Gasteiger partial charge on any atom is 0.277 e. The van der Waals surface area contributed by atoms with Crippen LogP contribution < -0.4 is 5.32 Å². The Morgan fingerprint density at radius 2 is 2.00 bits per heavy atom. The molecule has 30 heavy (non-hydrogen) atoms. The van der Waals surface area contributed by atoms with Crippen LogP contribution in [0.3, 0.4) is 0 Å². The summed E-state index contributed by atoms with van der Waals surface area (Å²) in [6.45, 7) is 4.91. The number of imidazole rings is 1. The van der Waals surface area contributed by atoms with E-state index in [0.717, 1.165) is 11.4 Å². The average Bonchev–Trinajstić information content (AvgIpc) is 3.38. The molecule has 1 amide bonds. The Morgan fingerprint density at radius 1 is 1.17 bits per heavy atom. The highest BCUT2D eigenvalue weighted by Gasteiger charge is 2.14. The van der Waals surface area contributed by atoms with E-state index in [-0.39, 0.29) is 11.6 Å². The number of rotatable bonds is 6. The molecular weight excluding hydrogens is 400 g/mol. The summed E-state index contributed by atoms with van der Waals surface area (Å²) in [5, 5.41) is 11.4. The van der Waals surface area contributed by atoms with Gasteiger partial charge in [0.25, 0.3) is 5.91 Å². The number of nitrogens with one attached hydrogen (secondary N) is 1. The summed E-state index contributed by atoms with van der Waals surface area (Å²) < 4.78 is 3.60. The first-order valence-corrected chi connectivity index (χ1v) is 9.97. The predicted octanol–water partition coefficient (Wildman–Crippen LogP) is 4.54. The first-order valence-electron chi connectivity index (χ1n) is 9.60. The lowest BCUT2D eigenvalue weighted by molar-refractivity contribution is 0.102. The maximum atomic E-state index is 12.6. The lowest BCUT2D eigenvalue weighted by atomic mass is 10.1. The summed E-state index contributed by atoms with van der Waals surface area (Å²) in [6.07, 6.45) is 5.33. The Hall–Kier alpha value is -3.45. The zero-order valence-corrected chi connectivity index (χ0v) is 17.4. The van der Waals surface area contributed by atoms with Gasteiger partial charge in [-0.2, -0.15) is 0 Å². The highest BCUT2D eigenvalue weighted by atomic mass is 35.5. The second-order valence-electron chi connectivity index (χ2n) is 7.22. The number of carbonyl (C=O) groups is 1. The largest absolute Gasteiger partial charge is 0.330 e. The molecule has 1 N–H and O–H groups in total. The third-order valence-electron chi connectivity index (χ3n) is 4.63. The van der Waals surface area contributed by atoms with Crippen LogP contribution >= 0.6 is 11.6 Å². The van der Waals surface area contributed by atoms with Crippen LogP contribution in [0.1, 0.15) is 41.6 Å². The highest BCUT2D eigenvalue weighted by molar-refractivity contribution is 6.32. The molecular formula is C22H21ClN6O. The molecule has 0 spiro atoms. The number of carbonyl (C=O) groups excluding carboxylic acids is 1. The van der Waals surface area contributed by atoms with E-state index in [1.807, 2.05) is 54.9 Å². The molecule has 0 radical (unpaired) electrons. The molecule has 0 aliphatic heterocycles. The average molecular weight is 421 g/mol. The minimum Gasteiger partial charge on any atom is -0.330 e. The van der Waals surface area contributed by atoms with Crippen LogP contribution in [-0.4, -0.2) is 30.5 Å². The molecule has 0 saturated carbocycles. The van der Waals surface area contributed by atoms with Gasteiger partial charge in [0, 0.05) is 30.5 Å². The van der Waals surface area contributed by atoms with Gasteiger partial charge in [-0.05, 0) is 29.8 Å². The van der Waals surface area contributed by atoms with E-state index in [9.17, 15) is 4.79 Å². The molecule has 2 heterocycles. The van der Waals surface area contributed by atoms with E-state index in [1.54, 1.807) is 12.3 Å². The number of amides is 1. The predicted molar refractivity (Wildman–Crippen MR) is 116 cm³/mol. The lowest BCUT2D eigenvalue weighted by Gasteiger charge is -2.11. The van der Waals surface area contributed by atoms with Crippen molar-refractivity contribution in [2.75, 3.05) is 5.32 Å². The summed E-state index contributed by atoms with van der Waals surface area (Å²) >= 11 is 6.19. The van der Waals surface area contributed by atoms with Crippen molar-refractivity contribution >= 4 is 23.2 Å². The molecule has 2 aromatic carbocycles. The Morgan fingerprint density at radius 3 is 2.80 bits per heavy atom. The summed E-state index contributed by atoms with van der Waals surface area (Å²) in [5.74, 6) is 1.03. The summed E-state index contributed by atoms with van der Waals surface area (Å²) in [6, 6.07) is 15.0. The molecule has 4 rings (SSSR count). The van der Waals surface area contributed by atoms with Gasteiger partial charge in [-0.3, -0.25) is 4.79 Å². The zero-order chi connectivity index (χ0) is 21.1. The van der Waals surface area contributed by atoms with E-state index < -0.39 is 0 Å². The fourth-order valence-electron chi connectivity index (χ4n) is 3.22. The highest BCUT2D eigenvalue weighted by Crippen LogP contribution is 2.20. The monoisotopic (exact) mass is 420 g/mol. The standard InChI is InChI=1S/C22H21ClN6O/c1-15(2)21-24-10-11-28(21)13-16-6-5-7-17(12-16)25-22(30)19-14-29(27-26-19)20-9-4-3-8-18(20)23/h3-12,14-15H,13H2,1-2H3,(H,25,30). The van der Waals surface area contributed by atoms with Crippen LogP contribution in [0.4, 0.5) is 5.69 Å². The molecule has 0 aliphatic rings. The van der Waals surface area contributed by atoms with E-state index in [0.29, 0.717) is 28.9 Å². The lowest BCUT2D eigenvalue weighted by Crippen LogP contribution is -2.13. The number of benzene rings is 2. The van der Waals surface area contributed by atoms with Crippen molar-refractivity contribution in [1.82, 2.24) is 24.5 Å². The quantitative estimate of drug-likeness (QED) is 0.496. The normalized spacial score (nSPS) is 11.1. The second-order valence-corrected chi connectivity index (χ2v) is 7.63. The number of anilines is 1. The first kappa shape index (κ1) is 19.8. The minimum atomic E-state index is -0.337. The van der Waals surface area contributed by atoms with E-state index >= 15 is 0 Å². The maximum absolute atomic E-state index is 12.6. The molecule has 0 fully saturated rings.